The Bertz CT molecular complexity index is 566. The molecule has 1 saturated carbocycles. The maximum atomic E-state index is 5.53. The molecular weight excluding hydrogens is 266 g/mol. The van der Waals surface area contributed by atoms with Gasteiger partial charge in [0.1, 0.15) is 6.10 Å². The predicted molar refractivity (Wildman–Crippen MR) is 78.9 cm³/mol. The highest BCUT2D eigenvalue weighted by Gasteiger charge is 2.31. The topological polar surface area (TPSA) is 60.2 Å². The number of benzene rings is 1. The molecule has 3 rings (SSSR count). The van der Waals surface area contributed by atoms with Gasteiger partial charge in [-0.2, -0.15) is 4.98 Å². The van der Waals surface area contributed by atoms with E-state index in [0.29, 0.717) is 17.8 Å². The average molecular weight is 287 g/mol. The van der Waals surface area contributed by atoms with E-state index in [1.54, 1.807) is 7.11 Å². The third-order valence-electron chi connectivity index (χ3n) is 4.01. The molecule has 5 nitrogen and oxygen atoms in total. The average Bonchev–Trinajstić information content (AvgIpc) is 3.27. The van der Waals surface area contributed by atoms with Crippen molar-refractivity contribution in [3.05, 3.63) is 47.6 Å². The van der Waals surface area contributed by atoms with Crippen LogP contribution in [0.2, 0.25) is 0 Å². The molecular formula is C16H21N3O2. The summed E-state index contributed by atoms with van der Waals surface area (Å²) in [5.41, 5.74) is 1.03. The first-order valence-corrected chi connectivity index (χ1v) is 7.39. The Morgan fingerprint density at radius 2 is 2.10 bits per heavy atom. The number of nitrogens with zero attached hydrogens (tertiary/aromatic N) is 2. The van der Waals surface area contributed by atoms with Crippen LogP contribution in [0.1, 0.15) is 36.2 Å². The zero-order chi connectivity index (χ0) is 14.7. The molecule has 112 valence electrons. The van der Waals surface area contributed by atoms with Crippen molar-refractivity contribution in [3.63, 3.8) is 0 Å². The number of rotatable bonds is 7. The molecule has 2 aromatic rings. The highest BCUT2D eigenvalue weighted by atomic mass is 16.5. The number of likely N-dealkylation sites (N-methyl/N-ethyl adjacent to an activating group) is 1. The number of aromatic nitrogens is 2. The maximum Gasteiger partial charge on any atom is 0.228 e. The van der Waals surface area contributed by atoms with Gasteiger partial charge in [-0.1, -0.05) is 35.5 Å². The Labute approximate surface area is 124 Å². The first kappa shape index (κ1) is 14.2. The third-order valence-corrected chi connectivity index (χ3v) is 4.01. The first-order chi connectivity index (χ1) is 10.3. The SMILES string of the molecule is CNC(Cc1nc(C(OC)c2ccccc2)no1)C1CC1. The van der Waals surface area contributed by atoms with Gasteiger partial charge in [-0.15, -0.1) is 0 Å². The largest absolute Gasteiger partial charge is 0.369 e. The van der Waals surface area contributed by atoms with Gasteiger partial charge >= 0.3 is 0 Å². The molecule has 1 fully saturated rings. The lowest BCUT2D eigenvalue weighted by molar-refractivity contribution is 0.126. The number of nitrogens with one attached hydrogen (secondary N) is 1. The highest BCUT2D eigenvalue weighted by molar-refractivity contribution is 5.22. The van der Waals surface area contributed by atoms with E-state index in [1.165, 1.54) is 12.8 Å². The van der Waals surface area contributed by atoms with Gasteiger partial charge < -0.3 is 14.6 Å². The molecule has 0 aliphatic heterocycles. The van der Waals surface area contributed by atoms with Crippen LogP contribution in [-0.2, 0) is 11.2 Å². The summed E-state index contributed by atoms with van der Waals surface area (Å²) >= 11 is 0. The standard InChI is InChI=1S/C16H21N3O2/c1-17-13(11-8-9-11)10-14-18-16(19-21-14)15(20-2)12-6-4-3-5-7-12/h3-7,11,13,15,17H,8-10H2,1-2H3. The van der Waals surface area contributed by atoms with E-state index in [0.717, 1.165) is 17.9 Å². The van der Waals surface area contributed by atoms with Gasteiger partial charge in [0.15, 0.2) is 0 Å². The summed E-state index contributed by atoms with van der Waals surface area (Å²) in [5, 5.41) is 7.43. The molecule has 0 saturated heterocycles. The lowest BCUT2D eigenvalue weighted by Gasteiger charge is -2.12. The van der Waals surface area contributed by atoms with Crippen LogP contribution >= 0.6 is 0 Å². The van der Waals surface area contributed by atoms with Crippen LogP contribution in [0.4, 0.5) is 0 Å². The van der Waals surface area contributed by atoms with Crippen molar-refractivity contribution in [3.8, 4) is 0 Å². The van der Waals surface area contributed by atoms with E-state index in [2.05, 4.69) is 15.5 Å². The second kappa shape index (κ2) is 6.37. The molecule has 1 aromatic heterocycles. The maximum absolute atomic E-state index is 5.53. The van der Waals surface area contributed by atoms with Crippen molar-refractivity contribution in [2.24, 2.45) is 5.92 Å². The van der Waals surface area contributed by atoms with Gasteiger partial charge in [-0.05, 0) is 31.4 Å². The molecule has 2 atom stereocenters. The summed E-state index contributed by atoms with van der Waals surface area (Å²) in [6.45, 7) is 0. The Morgan fingerprint density at radius 3 is 2.71 bits per heavy atom. The van der Waals surface area contributed by atoms with E-state index in [4.69, 9.17) is 9.26 Å². The van der Waals surface area contributed by atoms with Crippen molar-refractivity contribution < 1.29 is 9.26 Å². The van der Waals surface area contributed by atoms with Crippen LogP contribution in [0.5, 0.6) is 0 Å². The molecule has 1 aliphatic carbocycles. The minimum Gasteiger partial charge on any atom is -0.369 e. The Balaban J connectivity index is 1.73. The molecule has 1 N–H and O–H groups in total. The molecule has 5 heteroatoms. The van der Waals surface area contributed by atoms with Crippen molar-refractivity contribution in [1.82, 2.24) is 15.5 Å². The Kier molecular flexibility index (Phi) is 4.31. The van der Waals surface area contributed by atoms with Crippen molar-refractivity contribution in [2.75, 3.05) is 14.2 Å². The van der Waals surface area contributed by atoms with Crippen molar-refractivity contribution in [2.45, 2.75) is 31.4 Å². The number of hydrogen-bond acceptors (Lipinski definition) is 5. The fraction of sp³-hybridized carbons (Fsp3) is 0.500. The molecule has 1 aromatic carbocycles. The summed E-state index contributed by atoms with van der Waals surface area (Å²) in [6, 6.07) is 10.4. The summed E-state index contributed by atoms with van der Waals surface area (Å²) in [5.74, 6) is 2.01. The Hall–Kier alpha value is -1.72. The minimum atomic E-state index is -0.280. The summed E-state index contributed by atoms with van der Waals surface area (Å²) < 4.78 is 10.9. The van der Waals surface area contributed by atoms with Crippen LogP contribution in [0, 0.1) is 5.92 Å². The molecule has 21 heavy (non-hydrogen) atoms. The monoisotopic (exact) mass is 287 g/mol. The molecule has 0 radical (unpaired) electrons. The second-order valence-electron chi connectivity index (χ2n) is 5.51. The van der Waals surface area contributed by atoms with E-state index >= 15 is 0 Å². The molecule has 0 bridgehead atoms. The Morgan fingerprint density at radius 1 is 1.33 bits per heavy atom. The minimum absolute atomic E-state index is 0.280. The summed E-state index contributed by atoms with van der Waals surface area (Å²) in [6.07, 6.45) is 3.08. The summed E-state index contributed by atoms with van der Waals surface area (Å²) in [7, 11) is 3.65. The number of hydrogen-bond donors (Lipinski definition) is 1. The molecule has 0 spiro atoms. The predicted octanol–water partition coefficient (Wildman–Crippen LogP) is 2.35. The fourth-order valence-corrected chi connectivity index (χ4v) is 2.67. The van der Waals surface area contributed by atoms with E-state index < -0.39 is 0 Å². The van der Waals surface area contributed by atoms with Gasteiger partial charge in [-0.25, -0.2) is 0 Å². The van der Waals surface area contributed by atoms with E-state index in [9.17, 15) is 0 Å². The van der Waals surface area contributed by atoms with Crippen LogP contribution < -0.4 is 5.32 Å². The summed E-state index contributed by atoms with van der Waals surface area (Å²) in [4.78, 5) is 4.51. The van der Waals surface area contributed by atoms with Crippen LogP contribution in [0.25, 0.3) is 0 Å². The molecule has 1 heterocycles. The number of methoxy groups -OCH3 is 1. The molecule has 1 aliphatic rings. The molecule has 0 amide bonds. The normalized spacial score (nSPS) is 17.6. The lowest BCUT2D eigenvalue weighted by atomic mass is 10.1. The fourth-order valence-electron chi connectivity index (χ4n) is 2.67. The van der Waals surface area contributed by atoms with Crippen molar-refractivity contribution >= 4 is 0 Å². The smallest absolute Gasteiger partial charge is 0.228 e. The third kappa shape index (κ3) is 3.31. The van der Waals surface area contributed by atoms with Gasteiger partial charge in [-0.3, -0.25) is 0 Å². The van der Waals surface area contributed by atoms with E-state index in [1.807, 2.05) is 37.4 Å². The lowest BCUT2D eigenvalue weighted by Crippen LogP contribution is -2.29. The van der Waals surface area contributed by atoms with Gasteiger partial charge in [0, 0.05) is 19.6 Å². The zero-order valence-corrected chi connectivity index (χ0v) is 12.5. The van der Waals surface area contributed by atoms with Gasteiger partial charge in [0.2, 0.25) is 11.7 Å². The van der Waals surface area contributed by atoms with Gasteiger partial charge in [0.25, 0.3) is 0 Å². The molecule has 2 unspecified atom stereocenters. The van der Waals surface area contributed by atoms with Crippen LogP contribution in [-0.4, -0.2) is 30.3 Å². The van der Waals surface area contributed by atoms with Crippen LogP contribution in [0.3, 0.4) is 0 Å². The van der Waals surface area contributed by atoms with Crippen molar-refractivity contribution in [1.29, 1.82) is 0 Å². The second-order valence-corrected chi connectivity index (χ2v) is 5.51. The van der Waals surface area contributed by atoms with Crippen LogP contribution in [0.15, 0.2) is 34.9 Å². The quantitative estimate of drug-likeness (QED) is 0.847. The zero-order valence-electron chi connectivity index (χ0n) is 12.5. The number of ether oxygens (including phenoxy) is 1. The first-order valence-electron chi connectivity index (χ1n) is 7.39. The van der Waals surface area contributed by atoms with E-state index in [-0.39, 0.29) is 6.10 Å². The van der Waals surface area contributed by atoms with Gasteiger partial charge in [0.05, 0.1) is 0 Å². The highest BCUT2D eigenvalue weighted by Crippen LogP contribution is 2.34.